The molecule has 7 nitrogen and oxygen atoms in total. The normalized spacial score (nSPS) is 10.6. The summed E-state index contributed by atoms with van der Waals surface area (Å²) in [7, 11) is 1.74. The Bertz CT molecular complexity index is 1290. The maximum absolute atomic E-state index is 13.1. The van der Waals surface area contributed by atoms with Gasteiger partial charge in [-0.15, -0.1) is 0 Å². The predicted molar refractivity (Wildman–Crippen MR) is 119 cm³/mol. The topological polar surface area (TPSA) is 75.5 Å². The molecule has 0 radical (unpaired) electrons. The second-order valence-electron chi connectivity index (χ2n) is 7.06. The van der Waals surface area contributed by atoms with Gasteiger partial charge in [0, 0.05) is 24.5 Å². The Morgan fingerprint density at radius 2 is 2.03 bits per heavy atom. The molecule has 0 bridgehead atoms. The minimum absolute atomic E-state index is 0.209. The smallest absolute Gasteiger partial charge is 0.272 e. The summed E-state index contributed by atoms with van der Waals surface area (Å²) >= 11 is 0. The summed E-state index contributed by atoms with van der Waals surface area (Å²) in [5, 5.41) is 8.07. The zero-order valence-electron chi connectivity index (χ0n) is 17.3. The molecule has 0 fully saturated rings. The number of benzene rings is 2. The lowest BCUT2D eigenvalue weighted by Gasteiger charge is -2.18. The van der Waals surface area contributed by atoms with E-state index < -0.39 is 0 Å². The summed E-state index contributed by atoms with van der Waals surface area (Å²) in [6, 6.07) is 16.6. The monoisotopic (exact) mass is 411 g/mol. The number of aromatic amines is 1. The summed E-state index contributed by atoms with van der Waals surface area (Å²) in [6.45, 7) is 9.93. The molecule has 0 aliphatic rings. The van der Waals surface area contributed by atoms with Crippen molar-refractivity contribution in [3.8, 4) is 17.0 Å². The molecule has 4 rings (SSSR count). The van der Waals surface area contributed by atoms with Crippen LogP contribution in [0, 0.1) is 6.57 Å². The fraction of sp³-hybridized carbons (Fsp3) is 0.167. The molecule has 31 heavy (non-hydrogen) atoms. The lowest BCUT2D eigenvalue weighted by molar-refractivity contribution is 0.0778. The van der Waals surface area contributed by atoms with Crippen LogP contribution in [0.4, 0.5) is 5.69 Å². The summed E-state index contributed by atoms with van der Waals surface area (Å²) in [4.78, 5) is 22.7. The van der Waals surface area contributed by atoms with Gasteiger partial charge in [-0.25, -0.2) is 9.83 Å². The highest BCUT2D eigenvalue weighted by molar-refractivity contribution is 5.93. The van der Waals surface area contributed by atoms with Gasteiger partial charge in [-0.3, -0.25) is 9.89 Å². The largest absolute Gasteiger partial charge is 0.478 e. The quantitative estimate of drug-likeness (QED) is 0.461. The van der Waals surface area contributed by atoms with Crippen LogP contribution in [-0.2, 0) is 6.54 Å². The van der Waals surface area contributed by atoms with E-state index in [1.54, 1.807) is 36.3 Å². The van der Waals surface area contributed by atoms with Gasteiger partial charge in [0.05, 0.1) is 24.9 Å². The molecule has 1 amide bonds. The second kappa shape index (κ2) is 8.67. The van der Waals surface area contributed by atoms with E-state index in [2.05, 4.69) is 20.0 Å². The number of hydrogen-bond acceptors (Lipinski definition) is 4. The van der Waals surface area contributed by atoms with Crippen molar-refractivity contribution in [1.82, 2.24) is 20.1 Å². The van der Waals surface area contributed by atoms with Crippen molar-refractivity contribution in [1.29, 1.82) is 0 Å². The molecule has 7 heteroatoms. The van der Waals surface area contributed by atoms with E-state index in [4.69, 9.17) is 11.3 Å². The summed E-state index contributed by atoms with van der Waals surface area (Å²) < 4.78 is 5.73. The number of rotatable bonds is 6. The van der Waals surface area contributed by atoms with E-state index in [0.29, 0.717) is 30.4 Å². The standard InChI is InChI=1S/C24H21N5O2/c1-4-31-23-20(16-7-6-10-19(13-16)25-2)11-12-21(27-23)24(30)29(3)15-18-9-5-8-17-14-26-28-22(17)18/h5-14H,4,15H2,1,3H3,(H,26,28). The van der Waals surface area contributed by atoms with E-state index in [0.717, 1.165) is 27.6 Å². The van der Waals surface area contributed by atoms with Gasteiger partial charge in [0.15, 0.2) is 5.69 Å². The zero-order chi connectivity index (χ0) is 21.8. The first-order valence-corrected chi connectivity index (χ1v) is 9.89. The first-order valence-electron chi connectivity index (χ1n) is 9.89. The maximum atomic E-state index is 13.1. The van der Waals surface area contributed by atoms with Crippen LogP contribution in [-0.4, -0.2) is 39.6 Å². The van der Waals surface area contributed by atoms with Gasteiger partial charge in [0.2, 0.25) is 5.88 Å². The predicted octanol–water partition coefficient (Wildman–Crippen LogP) is 4.85. The van der Waals surface area contributed by atoms with Crippen molar-refractivity contribution in [2.24, 2.45) is 0 Å². The van der Waals surface area contributed by atoms with Crippen molar-refractivity contribution < 1.29 is 9.53 Å². The number of carbonyl (C=O) groups is 1. The minimum Gasteiger partial charge on any atom is -0.478 e. The second-order valence-corrected chi connectivity index (χ2v) is 7.06. The number of aromatic nitrogens is 3. The van der Waals surface area contributed by atoms with E-state index >= 15 is 0 Å². The van der Waals surface area contributed by atoms with Crippen LogP contribution in [0.2, 0.25) is 0 Å². The highest BCUT2D eigenvalue weighted by Crippen LogP contribution is 2.31. The number of nitrogens with zero attached hydrogens (tertiary/aromatic N) is 4. The third kappa shape index (κ3) is 4.09. The fourth-order valence-electron chi connectivity index (χ4n) is 3.45. The Morgan fingerprint density at radius 1 is 1.19 bits per heavy atom. The average Bonchev–Trinajstić information content (AvgIpc) is 3.29. The third-order valence-corrected chi connectivity index (χ3v) is 4.96. The van der Waals surface area contributed by atoms with Gasteiger partial charge in [-0.2, -0.15) is 5.10 Å². The molecular weight excluding hydrogens is 390 g/mol. The fourth-order valence-corrected chi connectivity index (χ4v) is 3.45. The molecule has 2 aromatic carbocycles. The number of carbonyl (C=O) groups excluding carboxylic acids is 1. The molecule has 1 N–H and O–H groups in total. The van der Waals surface area contributed by atoms with Crippen LogP contribution in [0.1, 0.15) is 23.0 Å². The van der Waals surface area contributed by atoms with Crippen molar-refractivity contribution in [3.63, 3.8) is 0 Å². The van der Waals surface area contributed by atoms with Crippen LogP contribution >= 0.6 is 0 Å². The number of para-hydroxylation sites is 1. The third-order valence-electron chi connectivity index (χ3n) is 4.96. The number of nitrogens with one attached hydrogen (secondary N) is 1. The zero-order valence-corrected chi connectivity index (χ0v) is 17.3. The Labute approximate surface area is 180 Å². The number of amides is 1. The van der Waals surface area contributed by atoms with Crippen LogP contribution < -0.4 is 4.74 Å². The van der Waals surface area contributed by atoms with Gasteiger partial charge < -0.3 is 9.64 Å². The molecule has 0 unspecified atom stereocenters. The highest BCUT2D eigenvalue weighted by atomic mass is 16.5. The van der Waals surface area contributed by atoms with Crippen LogP contribution in [0.5, 0.6) is 5.88 Å². The Kier molecular flexibility index (Phi) is 5.63. The van der Waals surface area contributed by atoms with Crippen molar-refractivity contribution in [2.75, 3.05) is 13.7 Å². The first kappa shape index (κ1) is 20.1. The summed E-state index contributed by atoms with van der Waals surface area (Å²) in [5.74, 6) is 0.165. The molecule has 0 atom stereocenters. The van der Waals surface area contributed by atoms with E-state index in [1.165, 1.54) is 0 Å². The minimum atomic E-state index is -0.209. The molecule has 0 aliphatic heterocycles. The number of fused-ring (bicyclic) bond motifs is 1. The first-order chi connectivity index (χ1) is 15.1. The summed E-state index contributed by atoms with van der Waals surface area (Å²) in [5.41, 5.74) is 4.29. The van der Waals surface area contributed by atoms with Crippen LogP contribution in [0.25, 0.3) is 26.9 Å². The van der Waals surface area contributed by atoms with Gasteiger partial charge in [0.25, 0.3) is 5.91 Å². The number of ether oxygens (including phenoxy) is 1. The highest BCUT2D eigenvalue weighted by Gasteiger charge is 2.18. The number of pyridine rings is 1. The van der Waals surface area contributed by atoms with E-state index in [1.807, 2.05) is 43.3 Å². The molecule has 0 spiro atoms. The van der Waals surface area contributed by atoms with Crippen LogP contribution in [0.3, 0.4) is 0 Å². The Balaban J connectivity index is 1.62. The van der Waals surface area contributed by atoms with Crippen molar-refractivity contribution >= 4 is 22.5 Å². The van der Waals surface area contributed by atoms with E-state index in [9.17, 15) is 4.79 Å². The lowest BCUT2D eigenvalue weighted by Crippen LogP contribution is -2.27. The molecule has 0 aliphatic carbocycles. The molecule has 4 aromatic rings. The maximum Gasteiger partial charge on any atom is 0.272 e. The molecular formula is C24H21N5O2. The van der Waals surface area contributed by atoms with Gasteiger partial charge >= 0.3 is 0 Å². The Morgan fingerprint density at radius 3 is 2.84 bits per heavy atom. The summed E-state index contributed by atoms with van der Waals surface area (Å²) in [6.07, 6.45) is 1.76. The van der Waals surface area contributed by atoms with Crippen LogP contribution in [0.15, 0.2) is 60.8 Å². The van der Waals surface area contributed by atoms with Gasteiger partial charge in [-0.1, -0.05) is 36.4 Å². The molecule has 0 saturated carbocycles. The average molecular weight is 411 g/mol. The van der Waals surface area contributed by atoms with Gasteiger partial charge in [0.1, 0.15) is 5.69 Å². The van der Waals surface area contributed by atoms with E-state index in [-0.39, 0.29) is 5.91 Å². The lowest BCUT2D eigenvalue weighted by atomic mass is 10.1. The molecule has 154 valence electrons. The number of hydrogen-bond donors (Lipinski definition) is 1. The SMILES string of the molecule is [C-]#[N+]c1cccc(-c2ccc(C(=O)N(C)Cc3cccc4cn[nH]c34)nc2OCC)c1. The number of H-pyrrole nitrogens is 1. The van der Waals surface area contributed by atoms with Crippen molar-refractivity contribution in [3.05, 3.63) is 83.5 Å². The van der Waals surface area contributed by atoms with Gasteiger partial charge in [-0.05, 0) is 36.2 Å². The molecule has 0 saturated heterocycles. The molecule has 2 aromatic heterocycles. The molecule has 2 heterocycles. The Hall–Kier alpha value is -4.18. The van der Waals surface area contributed by atoms with Crippen molar-refractivity contribution in [2.45, 2.75) is 13.5 Å².